The zero-order valence-electron chi connectivity index (χ0n) is 9.19. The predicted octanol–water partition coefficient (Wildman–Crippen LogP) is 0.867. The van der Waals surface area contributed by atoms with E-state index in [4.69, 9.17) is 4.74 Å². The van der Waals surface area contributed by atoms with Crippen LogP contribution in [-0.2, 0) is 9.53 Å². The molecule has 1 aliphatic rings. The Morgan fingerprint density at radius 2 is 1.94 bits per heavy atom. The Kier molecular flexibility index (Phi) is 3.49. The SMILES string of the molecule is O=C(C(=O)N1CCOCC1)c1cccc(F)c1. The van der Waals surface area contributed by atoms with Crippen molar-refractivity contribution in [1.82, 2.24) is 4.90 Å². The second-order valence-corrected chi connectivity index (χ2v) is 3.74. The van der Waals surface area contributed by atoms with E-state index in [9.17, 15) is 14.0 Å². The van der Waals surface area contributed by atoms with E-state index in [0.29, 0.717) is 26.3 Å². The van der Waals surface area contributed by atoms with Crippen LogP contribution >= 0.6 is 0 Å². The molecule has 2 rings (SSSR count). The third kappa shape index (κ3) is 2.68. The largest absolute Gasteiger partial charge is 0.378 e. The Morgan fingerprint density at radius 1 is 1.24 bits per heavy atom. The first-order valence-corrected chi connectivity index (χ1v) is 5.35. The molecule has 1 aromatic rings. The Morgan fingerprint density at radius 3 is 2.59 bits per heavy atom. The molecule has 1 aromatic carbocycles. The number of rotatable bonds is 2. The summed E-state index contributed by atoms with van der Waals surface area (Å²) in [6.45, 7) is 1.67. The molecule has 0 aliphatic carbocycles. The average molecular weight is 237 g/mol. The fourth-order valence-corrected chi connectivity index (χ4v) is 1.66. The molecule has 1 amide bonds. The number of amides is 1. The second kappa shape index (κ2) is 5.05. The molecule has 0 saturated carbocycles. The topological polar surface area (TPSA) is 46.6 Å². The van der Waals surface area contributed by atoms with Gasteiger partial charge in [0.1, 0.15) is 5.82 Å². The molecule has 1 fully saturated rings. The summed E-state index contributed by atoms with van der Waals surface area (Å²) >= 11 is 0. The van der Waals surface area contributed by atoms with Crippen molar-refractivity contribution in [3.05, 3.63) is 35.6 Å². The van der Waals surface area contributed by atoms with Gasteiger partial charge in [-0.05, 0) is 12.1 Å². The van der Waals surface area contributed by atoms with Gasteiger partial charge in [-0.15, -0.1) is 0 Å². The van der Waals surface area contributed by atoms with Gasteiger partial charge in [0.15, 0.2) is 0 Å². The summed E-state index contributed by atoms with van der Waals surface area (Å²) in [5.74, 6) is -1.80. The van der Waals surface area contributed by atoms with Crippen molar-refractivity contribution in [3.8, 4) is 0 Å². The summed E-state index contributed by atoms with van der Waals surface area (Å²) in [6, 6.07) is 5.15. The first-order chi connectivity index (χ1) is 8.18. The molecule has 0 spiro atoms. The van der Waals surface area contributed by atoms with Gasteiger partial charge in [0.2, 0.25) is 5.78 Å². The normalized spacial score (nSPS) is 15.7. The van der Waals surface area contributed by atoms with Crippen LogP contribution in [-0.4, -0.2) is 42.9 Å². The van der Waals surface area contributed by atoms with Gasteiger partial charge in [0, 0.05) is 18.7 Å². The molecule has 0 aromatic heterocycles. The van der Waals surface area contributed by atoms with E-state index in [1.165, 1.54) is 23.1 Å². The molecule has 0 bridgehead atoms. The fraction of sp³-hybridized carbons (Fsp3) is 0.333. The average Bonchev–Trinajstić information content (AvgIpc) is 2.38. The van der Waals surface area contributed by atoms with Crippen LogP contribution in [0.3, 0.4) is 0 Å². The molecule has 1 saturated heterocycles. The van der Waals surface area contributed by atoms with Crippen LogP contribution in [0.2, 0.25) is 0 Å². The predicted molar refractivity (Wildman–Crippen MR) is 58.1 cm³/mol. The highest BCUT2D eigenvalue weighted by molar-refractivity contribution is 6.42. The lowest BCUT2D eigenvalue weighted by Crippen LogP contribution is -2.44. The summed E-state index contributed by atoms with van der Waals surface area (Å²) in [5.41, 5.74) is 0.0847. The van der Waals surface area contributed by atoms with Gasteiger partial charge < -0.3 is 9.64 Å². The fourth-order valence-electron chi connectivity index (χ4n) is 1.66. The van der Waals surface area contributed by atoms with E-state index < -0.39 is 17.5 Å². The summed E-state index contributed by atoms with van der Waals surface area (Å²) in [7, 11) is 0. The van der Waals surface area contributed by atoms with Crippen LogP contribution in [0.25, 0.3) is 0 Å². The molecule has 0 atom stereocenters. The Balaban J connectivity index is 2.11. The number of ether oxygens (including phenoxy) is 1. The molecule has 17 heavy (non-hydrogen) atoms. The molecule has 1 heterocycles. The lowest BCUT2D eigenvalue weighted by molar-refractivity contribution is -0.130. The highest BCUT2D eigenvalue weighted by Gasteiger charge is 2.24. The number of hydrogen-bond donors (Lipinski definition) is 0. The van der Waals surface area contributed by atoms with E-state index in [0.717, 1.165) is 6.07 Å². The maximum atomic E-state index is 12.9. The number of carbonyl (C=O) groups is 2. The van der Waals surface area contributed by atoms with E-state index in [2.05, 4.69) is 0 Å². The van der Waals surface area contributed by atoms with Gasteiger partial charge in [-0.2, -0.15) is 0 Å². The van der Waals surface area contributed by atoms with Crippen molar-refractivity contribution >= 4 is 11.7 Å². The highest BCUT2D eigenvalue weighted by Crippen LogP contribution is 2.07. The van der Waals surface area contributed by atoms with Crippen molar-refractivity contribution < 1.29 is 18.7 Å². The summed E-state index contributed by atoms with van der Waals surface area (Å²) in [5, 5.41) is 0. The highest BCUT2D eigenvalue weighted by atomic mass is 19.1. The monoisotopic (exact) mass is 237 g/mol. The molecular formula is C12H12FNO3. The van der Waals surface area contributed by atoms with Crippen molar-refractivity contribution in [2.45, 2.75) is 0 Å². The van der Waals surface area contributed by atoms with Gasteiger partial charge in [0.05, 0.1) is 13.2 Å². The van der Waals surface area contributed by atoms with Crippen LogP contribution in [0.15, 0.2) is 24.3 Å². The third-order valence-electron chi connectivity index (χ3n) is 2.58. The number of carbonyl (C=O) groups excluding carboxylic acids is 2. The molecule has 0 unspecified atom stereocenters. The molecule has 0 radical (unpaired) electrons. The van der Waals surface area contributed by atoms with E-state index in [1.807, 2.05) is 0 Å². The van der Waals surface area contributed by atoms with Crippen LogP contribution in [0, 0.1) is 5.82 Å². The van der Waals surface area contributed by atoms with Gasteiger partial charge in [-0.3, -0.25) is 9.59 Å². The Hall–Kier alpha value is -1.75. The quantitative estimate of drug-likeness (QED) is 0.566. The number of Topliss-reactive ketones (excluding diaryl/α,β-unsaturated/α-hetero) is 1. The van der Waals surface area contributed by atoms with Crippen LogP contribution < -0.4 is 0 Å². The Labute approximate surface area is 98.0 Å². The summed E-state index contributed by atoms with van der Waals surface area (Å²) in [6.07, 6.45) is 0. The lowest BCUT2D eigenvalue weighted by Gasteiger charge is -2.26. The standard InChI is InChI=1S/C12H12FNO3/c13-10-3-1-2-9(8-10)11(15)12(16)14-4-6-17-7-5-14/h1-3,8H,4-7H2. The van der Waals surface area contributed by atoms with Crippen LogP contribution in [0.5, 0.6) is 0 Å². The van der Waals surface area contributed by atoms with Crippen molar-refractivity contribution in [2.75, 3.05) is 26.3 Å². The molecule has 5 heteroatoms. The van der Waals surface area contributed by atoms with Gasteiger partial charge in [-0.25, -0.2) is 4.39 Å². The van der Waals surface area contributed by atoms with Crippen molar-refractivity contribution in [2.24, 2.45) is 0 Å². The maximum absolute atomic E-state index is 12.9. The van der Waals surface area contributed by atoms with Crippen LogP contribution in [0.4, 0.5) is 4.39 Å². The molecular weight excluding hydrogens is 225 g/mol. The number of hydrogen-bond acceptors (Lipinski definition) is 3. The summed E-state index contributed by atoms with van der Waals surface area (Å²) < 4.78 is 18.0. The van der Waals surface area contributed by atoms with Crippen LogP contribution in [0.1, 0.15) is 10.4 Å². The zero-order valence-corrected chi connectivity index (χ0v) is 9.19. The minimum atomic E-state index is -0.675. The van der Waals surface area contributed by atoms with Gasteiger partial charge >= 0.3 is 0 Å². The second-order valence-electron chi connectivity index (χ2n) is 3.74. The number of ketones is 1. The number of morpholine rings is 1. The molecule has 0 N–H and O–H groups in total. The van der Waals surface area contributed by atoms with Gasteiger partial charge in [0.25, 0.3) is 5.91 Å². The molecule has 90 valence electrons. The first kappa shape index (κ1) is 11.7. The van der Waals surface area contributed by atoms with Gasteiger partial charge in [-0.1, -0.05) is 12.1 Å². The maximum Gasteiger partial charge on any atom is 0.295 e. The minimum Gasteiger partial charge on any atom is -0.378 e. The molecule has 4 nitrogen and oxygen atoms in total. The lowest BCUT2D eigenvalue weighted by atomic mass is 10.1. The number of nitrogens with zero attached hydrogens (tertiary/aromatic N) is 1. The minimum absolute atomic E-state index is 0.0847. The smallest absolute Gasteiger partial charge is 0.295 e. The number of benzene rings is 1. The van der Waals surface area contributed by atoms with E-state index in [1.54, 1.807) is 0 Å². The van der Waals surface area contributed by atoms with E-state index >= 15 is 0 Å². The third-order valence-corrected chi connectivity index (χ3v) is 2.58. The summed E-state index contributed by atoms with van der Waals surface area (Å²) in [4.78, 5) is 25.0. The van der Waals surface area contributed by atoms with Crippen molar-refractivity contribution in [1.29, 1.82) is 0 Å². The Bertz CT molecular complexity index is 441. The van der Waals surface area contributed by atoms with Crippen molar-refractivity contribution in [3.63, 3.8) is 0 Å². The van der Waals surface area contributed by atoms with E-state index in [-0.39, 0.29) is 5.56 Å². The first-order valence-electron chi connectivity index (χ1n) is 5.35. The number of halogens is 1. The zero-order chi connectivity index (χ0) is 12.3. The molecule has 1 aliphatic heterocycles.